The molecule has 0 saturated heterocycles. The summed E-state index contributed by atoms with van der Waals surface area (Å²) in [4.78, 5) is 10.6. The average molecular weight is 284 g/mol. The minimum absolute atomic E-state index is 0.0556. The highest BCUT2D eigenvalue weighted by molar-refractivity contribution is 5.69. The van der Waals surface area contributed by atoms with Crippen molar-refractivity contribution in [2.75, 3.05) is 0 Å². The molecule has 2 nitrogen and oxygen atoms in total. The van der Waals surface area contributed by atoms with Crippen LogP contribution in [0.25, 0.3) is 0 Å². The lowest BCUT2D eigenvalue weighted by atomic mass is 9.77. The summed E-state index contributed by atoms with van der Waals surface area (Å²) in [5, 5.41) is 8.76. The van der Waals surface area contributed by atoms with Crippen LogP contribution in [0.4, 0.5) is 0 Å². The molecular weight excluding hydrogens is 248 g/mol. The Labute approximate surface area is 126 Å². The zero-order valence-electron chi connectivity index (χ0n) is 14.3. The van der Waals surface area contributed by atoms with Gasteiger partial charge in [0.2, 0.25) is 0 Å². The summed E-state index contributed by atoms with van der Waals surface area (Å²) in [5.41, 5.74) is 0. The van der Waals surface area contributed by atoms with Crippen molar-refractivity contribution in [3.63, 3.8) is 0 Å². The maximum absolute atomic E-state index is 10.6. The molecule has 0 bridgehead atoms. The molecule has 0 heterocycles. The van der Waals surface area contributed by atoms with Gasteiger partial charge in [0, 0.05) is 0 Å². The maximum atomic E-state index is 10.6. The predicted octanol–water partition coefficient (Wildman–Crippen LogP) is 5.76. The van der Waals surface area contributed by atoms with Gasteiger partial charge in [-0.15, -0.1) is 0 Å². The summed E-state index contributed by atoms with van der Waals surface area (Å²) in [5.74, 6) is 1.95. The van der Waals surface area contributed by atoms with Crippen molar-refractivity contribution in [1.82, 2.24) is 0 Å². The number of hydrogen-bond acceptors (Lipinski definition) is 1. The first-order valence-electron chi connectivity index (χ1n) is 8.77. The van der Waals surface area contributed by atoms with E-state index in [-0.39, 0.29) is 5.92 Å². The fourth-order valence-corrected chi connectivity index (χ4v) is 2.93. The van der Waals surface area contributed by atoms with E-state index < -0.39 is 5.97 Å². The molecule has 0 spiro atoms. The number of carboxylic acid groups (broad SMARTS) is 1. The van der Waals surface area contributed by atoms with Gasteiger partial charge in [-0.3, -0.25) is 4.79 Å². The van der Waals surface area contributed by atoms with Crippen molar-refractivity contribution in [2.24, 2.45) is 23.7 Å². The fraction of sp³-hybridized carbons (Fsp3) is 0.944. The lowest BCUT2D eigenvalue weighted by molar-refractivity contribution is -0.143. The zero-order chi connectivity index (χ0) is 15.5. The molecular formula is C18H36O2. The third kappa shape index (κ3) is 7.31. The monoisotopic (exact) mass is 284 g/mol. The third-order valence-electron chi connectivity index (χ3n) is 4.87. The van der Waals surface area contributed by atoms with E-state index in [0.29, 0.717) is 0 Å². The predicted molar refractivity (Wildman–Crippen MR) is 86.9 cm³/mol. The van der Waals surface area contributed by atoms with E-state index in [9.17, 15) is 4.79 Å². The van der Waals surface area contributed by atoms with Crippen LogP contribution in [0.5, 0.6) is 0 Å². The molecule has 20 heavy (non-hydrogen) atoms. The van der Waals surface area contributed by atoms with Crippen LogP contribution in [0.3, 0.4) is 0 Å². The number of carbonyl (C=O) groups is 1. The van der Waals surface area contributed by atoms with E-state index >= 15 is 0 Å². The van der Waals surface area contributed by atoms with Crippen molar-refractivity contribution >= 4 is 5.97 Å². The van der Waals surface area contributed by atoms with E-state index in [2.05, 4.69) is 20.8 Å². The van der Waals surface area contributed by atoms with E-state index in [4.69, 9.17) is 5.11 Å². The Morgan fingerprint density at radius 2 is 1.55 bits per heavy atom. The summed E-state index contributed by atoms with van der Waals surface area (Å²) in [6.07, 6.45) is 9.92. The Kier molecular flexibility index (Phi) is 10.9. The Hall–Kier alpha value is -0.530. The van der Waals surface area contributed by atoms with Crippen LogP contribution in [-0.4, -0.2) is 11.1 Å². The molecule has 0 amide bonds. The topological polar surface area (TPSA) is 37.3 Å². The normalized spacial score (nSPS) is 25.7. The van der Waals surface area contributed by atoms with Crippen LogP contribution < -0.4 is 0 Å². The van der Waals surface area contributed by atoms with Gasteiger partial charge in [-0.2, -0.15) is 0 Å². The summed E-state index contributed by atoms with van der Waals surface area (Å²) < 4.78 is 0. The fourth-order valence-electron chi connectivity index (χ4n) is 2.93. The average Bonchev–Trinajstić information content (AvgIpc) is 2.40. The SMILES string of the molecule is CC.CC(C)C1CCC(C(=O)O)CC1.CCC1CCC1. The van der Waals surface area contributed by atoms with Crippen LogP contribution >= 0.6 is 0 Å². The van der Waals surface area contributed by atoms with Crippen molar-refractivity contribution in [3.05, 3.63) is 0 Å². The molecule has 0 aliphatic heterocycles. The standard InChI is InChI=1S/C10H18O2.C6H12.C2H6/c1-7(2)8-3-5-9(6-4-8)10(11)12;1-2-6-4-3-5-6;1-2/h7-9H,3-6H2,1-2H3,(H,11,12);6H,2-5H2,1H3;1-2H3. The third-order valence-corrected chi connectivity index (χ3v) is 4.87. The first kappa shape index (κ1) is 19.5. The second-order valence-electron chi connectivity index (χ2n) is 6.40. The van der Waals surface area contributed by atoms with Gasteiger partial charge in [-0.25, -0.2) is 0 Å². The van der Waals surface area contributed by atoms with Gasteiger partial charge in [0.1, 0.15) is 0 Å². The molecule has 2 saturated carbocycles. The first-order valence-corrected chi connectivity index (χ1v) is 8.77. The number of rotatable bonds is 3. The van der Waals surface area contributed by atoms with Gasteiger partial charge in [-0.05, 0) is 43.4 Å². The van der Waals surface area contributed by atoms with Gasteiger partial charge in [0.15, 0.2) is 0 Å². The van der Waals surface area contributed by atoms with Crippen LogP contribution in [0.15, 0.2) is 0 Å². The van der Waals surface area contributed by atoms with Crippen molar-refractivity contribution in [3.8, 4) is 0 Å². The highest BCUT2D eigenvalue weighted by Crippen LogP contribution is 2.33. The number of hydrogen-bond donors (Lipinski definition) is 1. The van der Waals surface area contributed by atoms with E-state index in [0.717, 1.165) is 43.4 Å². The lowest BCUT2D eigenvalue weighted by Crippen LogP contribution is -2.23. The molecule has 120 valence electrons. The highest BCUT2D eigenvalue weighted by atomic mass is 16.4. The molecule has 2 heteroatoms. The molecule has 0 aromatic carbocycles. The second kappa shape index (κ2) is 11.2. The Morgan fingerprint density at radius 3 is 1.75 bits per heavy atom. The summed E-state index contributed by atoms with van der Waals surface area (Å²) in [7, 11) is 0. The quantitative estimate of drug-likeness (QED) is 0.715. The number of carboxylic acids is 1. The molecule has 0 aromatic rings. The summed E-state index contributed by atoms with van der Waals surface area (Å²) in [6, 6.07) is 0. The van der Waals surface area contributed by atoms with Crippen molar-refractivity contribution in [2.45, 2.75) is 86.0 Å². The second-order valence-corrected chi connectivity index (χ2v) is 6.40. The number of aliphatic carboxylic acids is 1. The molecule has 0 unspecified atom stereocenters. The van der Waals surface area contributed by atoms with Crippen molar-refractivity contribution < 1.29 is 9.90 Å². The van der Waals surface area contributed by atoms with Gasteiger partial charge >= 0.3 is 5.97 Å². The van der Waals surface area contributed by atoms with E-state index in [1.165, 1.54) is 25.7 Å². The van der Waals surface area contributed by atoms with Crippen LogP contribution in [0.1, 0.15) is 86.0 Å². The van der Waals surface area contributed by atoms with Crippen LogP contribution in [-0.2, 0) is 4.79 Å². The van der Waals surface area contributed by atoms with E-state index in [1.54, 1.807) is 0 Å². The molecule has 1 N–H and O–H groups in total. The van der Waals surface area contributed by atoms with Gasteiger partial charge in [-0.1, -0.05) is 60.3 Å². The molecule has 0 atom stereocenters. The highest BCUT2D eigenvalue weighted by Gasteiger charge is 2.26. The minimum Gasteiger partial charge on any atom is -0.481 e. The molecule has 2 aliphatic rings. The zero-order valence-corrected chi connectivity index (χ0v) is 14.3. The van der Waals surface area contributed by atoms with E-state index in [1.807, 2.05) is 13.8 Å². The van der Waals surface area contributed by atoms with Gasteiger partial charge < -0.3 is 5.11 Å². The molecule has 0 radical (unpaired) electrons. The molecule has 2 rings (SSSR count). The molecule has 2 fully saturated rings. The van der Waals surface area contributed by atoms with Gasteiger partial charge in [0.05, 0.1) is 5.92 Å². The van der Waals surface area contributed by atoms with Crippen LogP contribution in [0.2, 0.25) is 0 Å². The Morgan fingerprint density at radius 1 is 1.05 bits per heavy atom. The minimum atomic E-state index is -0.600. The first-order chi connectivity index (χ1) is 9.54. The molecule has 2 aliphatic carbocycles. The maximum Gasteiger partial charge on any atom is 0.306 e. The largest absolute Gasteiger partial charge is 0.481 e. The van der Waals surface area contributed by atoms with Crippen LogP contribution in [0, 0.1) is 23.7 Å². The van der Waals surface area contributed by atoms with Crippen molar-refractivity contribution in [1.29, 1.82) is 0 Å². The summed E-state index contributed by atoms with van der Waals surface area (Å²) in [6.45, 7) is 10.7. The smallest absolute Gasteiger partial charge is 0.306 e. The lowest BCUT2D eigenvalue weighted by Gasteiger charge is -2.28. The van der Waals surface area contributed by atoms with Gasteiger partial charge in [0.25, 0.3) is 0 Å². The Bertz CT molecular complexity index is 233. The summed E-state index contributed by atoms with van der Waals surface area (Å²) >= 11 is 0. The molecule has 0 aromatic heterocycles. The Balaban J connectivity index is 0.000000377.